The van der Waals surface area contributed by atoms with E-state index in [1.165, 1.54) is 114 Å². The number of hydrogen-bond donors (Lipinski definition) is 0. The molecule has 0 spiro atoms. The largest absolute Gasteiger partial charge is 0.456 e. The van der Waals surface area contributed by atoms with Gasteiger partial charge in [0.15, 0.2) is 0 Å². The molecule has 282 valence electrons. The normalized spacial score (nSPS) is 13.6. The van der Waals surface area contributed by atoms with Gasteiger partial charge < -0.3 is 4.42 Å². The van der Waals surface area contributed by atoms with Crippen LogP contribution in [0, 0.1) is 0 Å². The molecule has 13 rings (SSSR count). The number of rotatable bonds is 4. The molecule has 2 aromatic heterocycles. The number of hydrogen-bond acceptors (Lipinski definition) is 2. The summed E-state index contributed by atoms with van der Waals surface area (Å²) in [6.45, 7) is 0. The van der Waals surface area contributed by atoms with Crippen molar-refractivity contribution >= 4 is 87.1 Å². The maximum absolute atomic E-state index is 6.76. The highest BCUT2D eigenvalue weighted by molar-refractivity contribution is 7.25. The second kappa shape index (κ2) is 13.3. The third-order valence-electron chi connectivity index (χ3n) is 13.2. The molecule has 11 aromatic rings. The second-order valence-electron chi connectivity index (χ2n) is 16.5. The van der Waals surface area contributed by atoms with Gasteiger partial charge in [-0.05, 0) is 150 Å². The van der Waals surface area contributed by atoms with Gasteiger partial charge in [-0.1, -0.05) is 146 Å². The van der Waals surface area contributed by atoms with Crippen LogP contribution in [0.15, 0.2) is 174 Å². The molecule has 0 amide bonds. The van der Waals surface area contributed by atoms with Crippen molar-refractivity contribution < 1.29 is 4.42 Å². The van der Waals surface area contributed by atoms with Gasteiger partial charge in [-0.25, -0.2) is 0 Å². The molecule has 0 atom stereocenters. The number of allylic oxidation sites excluding steroid dienone is 2. The van der Waals surface area contributed by atoms with Crippen LogP contribution >= 0.6 is 11.3 Å². The minimum Gasteiger partial charge on any atom is -0.456 e. The third kappa shape index (κ3) is 5.04. The highest BCUT2D eigenvalue weighted by Gasteiger charge is 2.27. The summed E-state index contributed by atoms with van der Waals surface area (Å²) in [6.07, 6.45) is 13.7. The standard InChI is InChI=1S/C58H38OS/c1-2-14-35(15-3-1)55-42-17-4-6-19-44(42)57(45-20-7-5-18-43(45)55)37-26-29-39-50-32-36(28-31-51(50)59-52(39)33-37)56-46-21-8-10-23-48(46)58(49-24-11-9-22-47(49)56)38-27-30-41-40-16-12-13-25-53(40)60-54(41)34-38/h1-7,10-20,23-34H,8-9,21-22H2. The molecule has 0 N–H and O–H groups in total. The van der Waals surface area contributed by atoms with Crippen LogP contribution in [0.4, 0.5) is 0 Å². The molecule has 2 aliphatic rings. The Bertz CT molecular complexity index is 3550. The lowest BCUT2D eigenvalue weighted by Gasteiger charge is -2.28. The molecular weight excluding hydrogens is 745 g/mol. The molecule has 2 heterocycles. The van der Waals surface area contributed by atoms with Gasteiger partial charge in [-0.2, -0.15) is 0 Å². The summed E-state index contributed by atoms with van der Waals surface area (Å²) < 4.78 is 9.46. The first kappa shape index (κ1) is 33.9. The Balaban J connectivity index is 0.982. The van der Waals surface area contributed by atoms with Crippen LogP contribution in [-0.4, -0.2) is 0 Å². The zero-order valence-corrected chi connectivity index (χ0v) is 33.8. The van der Waals surface area contributed by atoms with Crippen molar-refractivity contribution in [2.45, 2.75) is 25.7 Å². The Morgan fingerprint density at radius 1 is 0.350 bits per heavy atom. The molecule has 0 bridgehead atoms. The lowest BCUT2D eigenvalue weighted by molar-refractivity contribution is 0.669. The van der Waals surface area contributed by atoms with Crippen molar-refractivity contribution in [3.63, 3.8) is 0 Å². The van der Waals surface area contributed by atoms with Gasteiger partial charge in [0.05, 0.1) is 0 Å². The molecular formula is C58H38OS. The average molecular weight is 783 g/mol. The van der Waals surface area contributed by atoms with E-state index >= 15 is 0 Å². The van der Waals surface area contributed by atoms with Gasteiger partial charge in [-0.3, -0.25) is 0 Å². The summed E-state index contributed by atoms with van der Waals surface area (Å²) in [4.78, 5) is 0. The van der Waals surface area contributed by atoms with Gasteiger partial charge in [0.25, 0.3) is 0 Å². The molecule has 0 fully saturated rings. The Kier molecular flexibility index (Phi) is 7.50. The maximum atomic E-state index is 6.76. The van der Waals surface area contributed by atoms with E-state index in [4.69, 9.17) is 4.42 Å². The monoisotopic (exact) mass is 782 g/mol. The first-order valence-electron chi connectivity index (χ1n) is 21.2. The molecule has 0 saturated carbocycles. The molecule has 1 nitrogen and oxygen atoms in total. The predicted molar refractivity (Wildman–Crippen MR) is 258 cm³/mol. The molecule has 0 saturated heterocycles. The molecule has 2 heteroatoms. The summed E-state index contributed by atoms with van der Waals surface area (Å²) >= 11 is 1.90. The van der Waals surface area contributed by atoms with E-state index in [0.29, 0.717) is 0 Å². The van der Waals surface area contributed by atoms with Gasteiger partial charge >= 0.3 is 0 Å². The summed E-state index contributed by atoms with van der Waals surface area (Å²) in [6, 6.07) is 58.3. The van der Waals surface area contributed by atoms with E-state index in [0.717, 1.165) is 42.2 Å². The summed E-state index contributed by atoms with van der Waals surface area (Å²) in [5.41, 5.74) is 17.9. The van der Waals surface area contributed by atoms with Crippen LogP contribution in [-0.2, 0) is 12.8 Å². The molecule has 0 aliphatic heterocycles. The van der Waals surface area contributed by atoms with E-state index in [1.807, 2.05) is 11.3 Å². The van der Waals surface area contributed by atoms with E-state index in [2.05, 4.69) is 182 Å². The first-order chi connectivity index (χ1) is 29.8. The van der Waals surface area contributed by atoms with E-state index in [1.54, 1.807) is 0 Å². The van der Waals surface area contributed by atoms with Gasteiger partial charge in [0, 0.05) is 30.9 Å². The molecule has 0 unspecified atom stereocenters. The van der Waals surface area contributed by atoms with Gasteiger partial charge in [-0.15, -0.1) is 11.3 Å². The van der Waals surface area contributed by atoms with E-state index < -0.39 is 0 Å². The maximum Gasteiger partial charge on any atom is 0.136 e. The lowest BCUT2D eigenvalue weighted by Crippen LogP contribution is -2.09. The van der Waals surface area contributed by atoms with Crippen LogP contribution in [0.2, 0.25) is 0 Å². The quantitative estimate of drug-likeness (QED) is 0.162. The summed E-state index contributed by atoms with van der Waals surface area (Å²) in [7, 11) is 0. The summed E-state index contributed by atoms with van der Waals surface area (Å²) in [5, 5.41) is 10.0. The SMILES string of the molecule is C1=Cc2c(c(-c3ccc4oc5cc(-c6c7ccccc7c(-c7ccccc7)c7ccccc67)ccc5c4c3)c3c(c2-c2ccc4c(c2)sc2ccccc24)C=CCC3)CC1. The number of benzene rings is 9. The number of thiophene rings is 1. The summed E-state index contributed by atoms with van der Waals surface area (Å²) in [5.74, 6) is 0. The molecule has 2 aliphatic carbocycles. The fraction of sp³-hybridized carbons (Fsp3) is 0.0690. The van der Waals surface area contributed by atoms with Crippen molar-refractivity contribution in [1.29, 1.82) is 0 Å². The van der Waals surface area contributed by atoms with Crippen molar-refractivity contribution in [2.75, 3.05) is 0 Å². The third-order valence-corrected chi connectivity index (χ3v) is 14.3. The zero-order valence-electron chi connectivity index (χ0n) is 33.0. The smallest absolute Gasteiger partial charge is 0.136 e. The van der Waals surface area contributed by atoms with Crippen LogP contribution < -0.4 is 0 Å². The van der Waals surface area contributed by atoms with Crippen LogP contribution in [0.3, 0.4) is 0 Å². The van der Waals surface area contributed by atoms with Gasteiger partial charge in [0.2, 0.25) is 0 Å². The Morgan fingerprint density at radius 2 is 0.883 bits per heavy atom. The van der Waals surface area contributed by atoms with Gasteiger partial charge in [0.1, 0.15) is 11.2 Å². The fourth-order valence-corrected chi connectivity index (χ4v) is 11.8. The minimum atomic E-state index is 0.918. The predicted octanol–water partition coefficient (Wildman–Crippen LogP) is 16.8. The Morgan fingerprint density at radius 3 is 1.57 bits per heavy atom. The van der Waals surface area contributed by atoms with Crippen LogP contribution in [0.1, 0.15) is 35.1 Å². The van der Waals surface area contributed by atoms with Crippen molar-refractivity contribution in [2.24, 2.45) is 0 Å². The molecule has 9 aromatic carbocycles. The lowest BCUT2D eigenvalue weighted by atomic mass is 9.76. The van der Waals surface area contributed by atoms with Crippen molar-refractivity contribution in [3.05, 3.63) is 192 Å². The van der Waals surface area contributed by atoms with Crippen molar-refractivity contribution in [1.82, 2.24) is 0 Å². The number of furan rings is 1. The molecule has 0 radical (unpaired) electrons. The Hall–Kier alpha value is -7.00. The van der Waals surface area contributed by atoms with E-state index in [9.17, 15) is 0 Å². The highest BCUT2D eigenvalue weighted by Crippen LogP contribution is 2.49. The highest BCUT2D eigenvalue weighted by atomic mass is 32.1. The second-order valence-corrected chi connectivity index (χ2v) is 17.5. The minimum absolute atomic E-state index is 0.918. The van der Waals surface area contributed by atoms with Crippen molar-refractivity contribution in [3.8, 4) is 44.5 Å². The van der Waals surface area contributed by atoms with Crippen LogP contribution in [0.25, 0.3) is 120 Å². The Labute approximate surface area is 352 Å². The molecule has 60 heavy (non-hydrogen) atoms. The fourth-order valence-electron chi connectivity index (χ4n) is 10.6. The van der Waals surface area contributed by atoms with E-state index in [-0.39, 0.29) is 0 Å². The topological polar surface area (TPSA) is 13.1 Å². The first-order valence-corrected chi connectivity index (χ1v) is 22.0. The zero-order chi connectivity index (χ0) is 39.3. The average Bonchev–Trinajstić information content (AvgIpc) is 3.87. The number of fused-ring (bicyclic) bond motifs is 10. The van der Waals surface area contributed by atoms with Crippen LogP contribution in [0.5, 0.6) is 0 Å².